The Morgan fingerprint density at radius 3 is 2.67 bits per heavy atom. The highest BCUT2D eigenvalue weighted by Crippen LogP contribution is 2.14. The van der Waals surface area contributed by atoms with Crippen LogP contribution in [0.3, 0.4) is 0 Å². The van der Waals surface area contributed by atoms with Crippen molar-refractivity contribution in [3.8, 4) is 0 Å². The highest BCUT2D eigenvalue weighted by Gasteiger charge is 2.19. The third-order valence-electron chi connectivity index (χ3n) is 2.54. The first kappa shape index (κ1) is 14.5. The molecule has 0 aliphatic carbocycles. The van der Waals surface area contributed by atoms with Crippen molar-refractivity contribution < 1.29 is 9.53 Å². The van der Waals surface area contributed by atoms with Crippen molar-refractivity contribution in [1.29, 1.82) is 0 Å². The van der Waals surface area contributed by atoms with Crippen molar-refractivity contribution in [3.63, 3.8) is 0 Å². The van der Waals surface area contributed by atoms with E-state index in [2.05, 4.69) is 10.7 Å². The fourth-order valence-electron chi connectivity index (χ4n) is 1.64. The normalized spacial score (nSPS) is 11.1. The standard InChI is InChI=1S/C13H21N3O2/c1-4-18-13(2,3)9-15-12(17)10-7-5-6-8-11(10)16-14/h5-8,16H,4,9,14H2,1-3H3,(H,15,17). The van der Waals surface area contributed by atoms with Gasteiger partial charge in [-0.1, -0.05) is 12.1 Å². The molecule has 0 unspecified atom stereocenters. The molecule has 5 heteroatoms. The number of nitrogens with two attached hydrogens (primary N) is 1. The average Bonchev–Trinajstić information content (AvgIpc) is 2.36. The second-order valence-electron chi connectivity index (χ2n) is 4.57. The Morgan fingerprint density at radius 1 is 1.39 bits per heavy atom. The zero-order valence-electron chi connectivity index (χ0n) is 11.1. The van der Waals surface area contributed by atoms with Gasteiger partial charge in [0.2, 0.25) is 0 Å². The monoisotopic (exact) mass is 251 g/mol. The number of hydrogen-bond donors (Lipinski definition) is 3. The molecular formula is C13H21N3O2. The molecule has 0 fully saturated rings. The van der Waals surface area contributed by atoms with Gasteiger partial charge < -0.3 is 15.5 Å². The minimum Gasteiger partial charge on any atom is -0.374 e. The van der Waals surface area contributed by atoms with E-state index < -0.39 is 0 Å². The molecular weight excluding hydrogens is 230 g/mol. The number of hydrazine groups is 1. The molecule has 18 heavy (non-hydrogen) atoms. The smallest absolute Gasteiger partial charge is 0.253 e. The lowest BCUT2D eigenvalue weighted by atomic mass is 10.1. The summed E-state index contributed by atoms with van der Waals surface area (Å²) in [6.45, 7) is 6.85. The van der Waals surface area contributed by atoms with Gasteiger partial charge in [-0.05, 0) is 32.9 Å². The second kappa shape index (κ2) is 6.37. The summed E-state index contributed by atoms with van der Waals surface area (Å²) in [4.78, 5) is 12.0. The van der Waals surface area contributed by atoms with Crippen molar-refractivity contribution in [2.24, 2.45) is 5.84 Å². The van der Waals surface area contributed by atoms with E-state index in [1.807, 2.05) is 26.8 Å². The van der Waals surface area contributed by atoms with Crippen LogP contribution in [0.5, 0.6) is 0 Å². The largest absolute Gasteiger partial charge is 0.374 e. The summed E-state index contributed by atoms with van der Waals surface area (Å²) in [6.07, 6.45) is 0. The minimum absolute atomic E-state index is 0.170. The van der Waals surface area contributed by atoms with E-state index in [4.69, 9.17) is 10.6 Å². The number of anilines is 1. The van der Waals surface area contributed by atoms with Crippen LogP contribution < -0.4 is 16.6 Å². The van der Waals surface area contributed by atoms with Crippen LogP contribution in [0.2, 0.25) is 0 Å². The molecule has 0 aromatic heterocycles. The zero-order chi connectivity index (χ0) is 13.6. The Labute approximate surface area is 108 Å². The number of carbonyl (C=O) groups excluding carboxylic acids is 1. The number of ether oxygens (including phenoxy) is 1. The summed E-state index contributed by atoms with van der Waals surface area (Å²) >= 11 is 0. The van der Waals surface area contributed by atoms with Gasteiger partial charge in [-0.3, -0.25) is 10.6 Å². The number of nitrogen functional groups attached to an aromatic ring is 1. The summed E-state index contributed by atoms with van der Waals surface area (Å²) in [6, 6.07) is 7.08. The van der Waals surface area contributed by atoms with Crippen LogP contribution in [0.15, 0.2) is 24.3 Å². The Balaban J connectivity index is 2.66. The predicted octanol–water partition coefficient (Wildman–Crippen LogP) is 1.52. The fraction of sp³-hybridized carbons (Fsp3) is 0.462. The van der Waals surface area contributed by atoms with Gasteiger partial charge in [-0.2, -0.15) is 0 Å². The highest BCUT2D eigenvalue weighted by molar-refractivity contribution is 5.99. The minimum atomic E-state index is -0.379. The van der Waals surface area contributed by atoms with Gasteiger partial charge in [0.05, 0.1) is 16.9 Å². The first-order valence-corrected chi connectivity index (χ1v) is 5.98. The first-order chi connectivity index (χ1) is 8.50. The number of para-hydroxylation sites is 1. The Hall–Kier alpha value is -1.59. The summed E-state index contributed by atoms with van der Waals surface area (Å²) < 4.78 is 5.52. The maximum Gasteiger partial charge on any atom is 0.253 e. The third kappa shape index (κ3) is 4.01. The number of benzene rings is 1. The lowest BCUT2D eigenvalue weighted by Crippen LogP contribution is -2.40. The molecule has 0 saturated carbocycles. The molecule has 0 bridgehead atoms. The number of hydrogen-bond acceptors (Lipinski definition) is 4. The molecule has 0 radical (unpaired) electrons. The van der Waals surface area contributed by atoms with Crippen LogP contribution in [0, 0.1) is 0 Å². The molecule has 0 heterocycles. The Kier molecular flexibility index (Phi) is 5.12. The number of nitrogens with one attached hydrogen (secondary N) is 2. The maximum absolute atomic E-state index is 12.0. The summed E-state index contributed by atoms with van der Waals surface area (Å²) in [5.74, 6) is 5.19. The summed E-state index contributed by atoms with van der Waals surface area (Å²) in [5.41, 5.74) is 3.25. The van der Waals surface area contributed by atoms with Gasteiger partial charge in [0.25, 0.3) is 5.91 Å². The molecule has 0 saturated heterocycles. The van der Waals surface area contributed by atoms with Crippen LogP contribution in [-0.2, 0) is 4.74 Å². The molecule has 1 rings (SSSR count). The van der Waals surface area contributed by atoms with Crippen molar-refractivity contribution in [2.75, 3.05) is 18.6 Å². The van der Waals surface area contributed by atoms with E-state index in [9.17, 15) is 4.79 Å². The van der Waals surface area contributed by atoms with Crippen molar-refractivity contribution in [1.82, 2.24) is 5.32 Å². The molecule has 0 spiro atoms. The molecule has 0 atom stereocenters. The van der Waals surface area contributed by atoms with Crippen LogP contribution in [0.25, 0.3) is 0 Å². The van der Waals surface area contributed by atoms with Gasteiger partial charge in [-0.25, -0.2) is 0 Å². The van der Waals surface area contributed by atoms with E-state index in [0.717, 1.165) is 0 Å². The molecule has 0 aliphatic heterocycles. The number of amides is 1. The lowest BCUT2D eigenvalue weighted by molar-refractivity contribution is -0.00814. The molecule has 0 aliphatic rings. The average molecular weight is 251 g/mol. The predicted molar refractivity (Wildman–Crippen MR) is 72.3 cm³/mol. The molecule has 100 valence electrons. The third-order valence-corrected chi connectivity index (χ3v) is 2.54. The van der Waals surface area contributed by atoms with Crippen LogP contribution in [-0.4, -0.2) is 24.7 Å². The van der Waals surface area contributed by atoms with E-state index in [1.165, 1.54) is 0 Å². The first-order valence-electron chi connectivity index (χ1n) is 5.98. The zero-order valence-corrected chi connectivity index (χ0v) is 11.1. The Morgan fingerprint density at radius 2 is 2.06 bits per heavy atom. The quantitative estimate of drug-likeness (QED) is 0.529. The molecule has 1 aromatic rings. The second-order valence-corrected chi connectivity index (χ2v) is 4.57. The van der Waals surface area contributed by atoms with Crippen LogP contribution in [0.4, 0.5) is 5.69 Å². The van der Waals surface area contributed by atoms with E-state index in [0.29, 0.717) is 24.4 Å². The highest BCUT2D eigenvalue weighted by atomic mass is 16.5. The van der Waals surface area contributed by atoms with Crippen LogP contribution in [0.1, 0.15) is 31.1 Å². The van der Waals surface area contributed by atoms with Crippen LogP contribution >= 0.6 is 0 Å². The maximum atomic E-state index is 12.0. The van der Waals surface area contributed by atoms with Gasteiger partial charge in [0, 0.05) is 13.2 Å². The molecule has 5 nitrogen and oxygen atoms in total. The van der Waals surface area contributed by atoms with Gasteiger partial charge in [-0.15, -0.1) is 0 Å². The van der Waals surface area contributed by atoms with E-state index >= 15 is 0 Å². The number of rotatable bonds is 6. The van der Waals surface area contributed by atoms with Gasteiger partial charge in [0.1, 0.15) is 0 Å². The van der Waals surface area contributed by atoms with Gasteiger partial charge >= 0.3 is 0 Å². The summed E-state index contributed by atoms with van der Waals surface area (Å²) in [7, 11) is 0. The van der Waals surface area contributed by atoms with Gasteiger partial charge in [0.15, 0.2) is 0 Å². The molecule has 1 aromatic carbocycles. The van der Waals surface area contributed by atoms with Crippen molar-refractivity contribution in [2.45, 2.75) is 26.4 Å². The SMILES string of the molecule is CCOC(C)(C)CNC(=O)c1ccccc1NN. The number of carbonyl (C=O) groups is 1. The fourth-order valence-corrected chi connectivity index (χ4v) is 1.64. The summed E-state index contributed by atoms with van der Waals surface area (Å²) in [5, 5.41) is 2.84. The van der Waals surface area contributed by atoms with Crippen molar-refractivity contribution >= 4 is 11.6 Å². The van der Waals surface area contributed by atoms with E-state index in [1.54, 1.807) is 18.2 Å². The molecule has 1 amide bonds. The van der Waals surface area contributed by atoms with Crippen molar-refractivity contribution in [3.05, 3.63) is 29.8 Å². The Bertz CT molecular complexity index is 405. The topological polar surface area (TPSA) is 76.4 Å². The molecule has 4 N–H and O–H groups in total. The lowest BCUT2D eigenvalue weighted by Gasteiger charge is -2.25. The van der Waals surface area contributed by atoms with E-state index in [-0.39, 0.29) is 11.5 Å².